The molecule has 1 saturated carbocycles. The normalized spacial score (nSPS) is 38.6. The topological polar surface area (TPSA) is 37.3 Å². The second-order valence-corrected chi connectivity index (χ2v) is 4.50. The summed E-state index contributed by atoms with van der Waals surface area (Å²) in [5.74, 6) is 0.582. The zero-order chi connectivity index (χ0) is 9.97. The lowest BCUT2D eigenvalue weighted by atomic mass is 9.73. The van der Waals surface area contributed by atoms with Crippen LogP contribution in [0.2, 0.25) is 0 Å². The molecule has 1 N–H and O–H groups in total. The average Bonchev–Trinajstić information content (AvgIpc) is 2.20. The van der Waals surface area contributed by atoms with Crippen molar-refractivity contribution in [1.82, 2.24) is 0 Å². The fourth-order valence-corrected chi connectivity index (χ4v) is 2.78. The quantitative estimate of drug-likeness (QED) is 0.694. The van der Waals surface area contributed by atoms with Gasteiger partial charge >= 0.3 is 0 Å². The van der Waals surface area contributed by atoms with Crippen LogP contribution in [0, 0.1) is 11.8 Å². The molecule has 2 heteroatoms. The van der Waals surface area contributed by atoms with Gasteiger partial charge in [0, 0.05) is 5.92 Å². The van der Waals surface area contributed by atoms with Crippen molar-refractivity contribution in [3.8, 4) is 0 Å². The van der Waals surface area contributed by atoms with Crippen molar-refractivity contribution in [3.05, 3.63) is 12.2 Å². The maximum Gasteiger partial charge on any atom is 0.158 e. The largest absolute Gasteiger partial charge is 0.393 e. The zero-order valence-electron chi connectivity index (χ0n) is 8.48. The standard InChI is InChI=1S/C12H18O2/c13-11-7-3-1-5-9(11)10-6-2-4-8-12(10)14/h3,7,9-10,12,14H,1-2,4-6,8H2. The fraction of sp³-hybridized carbons (Fsp3) is 0.750. The Morgan fingerprint density at radius 2 is 2.00 bits per heavy atom. The molecule has 0 aliphatic heterocycles. The molecule has 0 amide bonds. The molecule has 2 rings (SSSR count). The van der Waals surface area contributed by atoms with Gasteiger partial charge in [-0.1, -0.05) is 18.9 Å². The Hall–Kier alpha value is -0.630. The van der Waals surface area contributed by atoms with E-state index in [0.717, 1.165) is 32.1 Å². The van der Waals surface area contributed by atoms with Gasteiger partial charge < -0.3 is 5.11 Å². The van der Waals surface area contributed by atoms with Gasteiger partial charge in [-0.25, -0.2) is 0 Å². The summed E-state index contributed by atoms with van der Waals surface area (Å²) in [7, 11) is 0. The fourth-order valence-electron chi connectivity index (χ4n) is 2.78. The van der Waals surface area contributed by atoms with Gasteiger partial charge in [0.1, 0.15) is 0 Å². The molecule has 0 heterocycles. The van der Waals surface area contributed by atoms with Crippen molar-refractivity contribution in [3.63, 3.8) is 0 Å². The van der Waals surface area contributed by atoms with E-state index in [-0.39, 0.29) is 23.7 Å². The molecule has 1 fully saturated rings. The molecule has 0 aromatic heterocycles. The summed E-state index contributed by atoms with van der Waals surface area (Å²) < 4.78 is 0. The van der Waals surface area contributed by atoms with Crippen LogP contribution in [0.5, 0.6) is 0 Å². The SMILES string of the molecule is O=C1C=CCCC1C1CCCCC1O. The van der Waals surface area contributed by atoms with Gasteiger partial charge in [0.05, 0.1) is 6.10 Å². The Morgan fingerprint density at radius 3 is 2.71 bits per heavy atom. The predicted octanol–water partition coefficient (Wildman–Crippen LogP) is 2.07. The zero-order valence-corrected chi connectivity index (χ0v) is 8.48. The highest BCUT2D eigenvalue weighted by molar-refractivity contribution is 5.92. The van der Waals surface area contributed by atoms with E-state index >= 15 is 0 Å². The summed E-state index contributed by atoms with van der Waals surface area (Å²) in [5, 5.41) is 9.86. The molecule has 14 heavy (non-hydrogen) atoms. The number of ketones is 1. The van der Waals surface area contributed by atoms with Crippen LogP contribution in [0.15, 0.2) is 12.2 Å². The van der Waals surface area contributed by atoms with Crippen molar-refractivity contribution in [2.75, 3.05) is 0 Å². The lowest BCUT2D eigenvalue weighted by molar-refractivity contribution is -0.123. The van der Waals surface area contributed by atoms with Crippen LogP contribution < -0.4 is 0 Å². The van der Waals surface area contributed by atoms with E-state index in [0.29, 0.717) is 0 Å². The smallest absolute Gasteiger partial charge is 0.158 e. The molecule has 0 radical (unpaired) electrons. The Bertz CT molecular complexity index is 245. The van der Waals surface area contributed by atoms with Crippen LogP contribution in [0.25, 0.3) is 0 Å². The monoisotopic (exact) mass is 194 g/mol. The molecular formula is C12H18O2. The first-order valence-corrected chi connectivity index (χ1v) is 5.67. The molecule has 0 aromatic rings. The molecule has 2 nitrogen and oxygen atoms in total. The molecule has 3 atom stereocenters. The number of aliphatic hydroxyl groups is 1. The molecular weight excluding hydrogens is 176 g/mol. The number of hydrogen-bond donors (Lipinski definition) is 1. The van der Waals surface area contributed by atoms with E-state index in [4.69, 9.17) is 0 Å². The van der Waals surface area contributed by atoms with E-state index in [9.17, 15) is 9.90 Å². The van der Waals surface area contributed by atoms with Gasteiger partial charge in [-0.15, -0.1) is 0 Å². The molecule has 0 aromatic carbocycles. The van der Waals surface area contributed by atoms with Gasteiger partial charge in [0.25, 0.3) is 0 Å². The third kappa shape index (κ3) is 1.90. The molecule has 2 aliphatic carbocycles. The van der Waals surface area contributed by atoms with Gasteiger partial charge in [0.2, 0.25) is 0 Å². The van der Waals surface area contributed by atoms with Crippen molar-refractivity contribution < 1.29 is 9.90 Å². The Labute approximate surface area is 85.0 Å². The Kier molecular flexibility index (Phi) is 3.02. The van der Waals surface area contributed by atoms with Crippen LogP contribution >= 0.6 is 0 Å². The highest BCUT2D eigenvalue weighted by Gasteiger charge is 2.34. The van der Waals surface area contributed by atoms with Crippen molar-refractivity contribution >= 4 is 5.78 Å². The minimum absolute atomic E-state index is 0.107. The maximum absolute atomic E-state index is 11.6. The van der Waals surface area contributed by atoms with E-state index in [2.05, 4.69) is 0 Å². The van der Waals surface area contributed by atoms with E-state index in [1.165, 1.54) is 6.42 Å². The Balaban J connectivity index is 2.05. The first kappa shape index (κ1) is 9.91. The number of carbonyl (C=O) groups excluding carboxylic acids is 1. The minimum atomic E-state index is -0.232. The second kappa shape index (κ2) is 4.26. The lowest BCUT2D eigenvalue weighted by Crippen LogP contribution is -2.35. The van der Waals surface area contributed by atoms with E-state index in [1.807, 2.05) is 6.08 Å². The van der Waals surface area contributed by atoms with Crippen molar-refractivity contribution in [1.29, 1.82) is 0 Å². The summed E-state index contributed by atoms with van der Waals surface area (Å²) in [5.41, 5.74) is 0. The highest BCUT2D eigenvalue weighted by atomic mass is 16.3. The van der Waals surface area contributed by atoms with Crippen LogP contribution in [0.3, 0.4) is 0 Å². The van der Waals surface area contributed by atoms with Crippen LogP contribution in [-0.2, 0) is 4.79 Å². The average molecular weight is 194 g/mol. The number of rotatable bonds is 1. The lowest BCUT2D eigenvalue weighted by Gasteiger charge is -2.34. The first-order chi connectivity index (χ1) is 6.79. The van der Waals surface area contributed by atoms with Gasteiger partial charge in [-0.2, -0.15) is 0 Å². The third-order valence-electron chi connectivity index (χ3n) is 3.59. The van der Waals surface area contributed by atoms with Crippen LogP contribution in [-0.4, -0.2) is 17.0 Å². The molecule has 0 bridgehead atoms. The Morgan fingerprint density at radius 1 is 1.21 bits per heavy atom. The van der Waals surface area contributed by atoms with Gasteiger partial charge in [-0.3, -0.25) is 4.79 Å². The van der Waals surface area contributed by atoms with E-state index in [1.54, 1.807) is 6.08 Å². The van der Waals surface area contributed by atoms with Crippen molar-refractivity contribution in [2.45, 2.75) is 44.6 Å². The molecule has 0 saturated heterocycles. The highest BCUT2D eigenvalue weighted by Crippen LogP contribution is 2.34. The van der Waals surface area contributed by atoms with Gasteiger partial charge in [-0.05, 0) is 37.7 Å². The number of hydrogen-bond acceptors (Lipinski definition) is 2. The van der Waals surface area contributed by atoms with Gasteiger partial charge in [0.15, 0.2) is 5.78 Å². The summed E-state index contributed by atoms with van der Waals surface area (Å²) >= 11 is 0. The first-order valence-electron chi connectivity index (χ1n) is 5.67. The second-order valence-electron chi connectivity index (χ2n) is 4.50. The molecule has 78 valence electrons. The van der Waals surface area contributed by atoms with Crippen LogP contribution in [0.4, 0.5) is 0 Å². The predicted molar refractivity (Wildman–Crippen MR) is 54.8 cm³/mol. The summed E-state index contributed by atoms with van der Waals surface area (Å²) in [4.78, 5) is 11.6. The summed E-state index contributed by atoms with van der Waals surface area (Å²) in [6.07, 6.45) is 9.58. The van der Waals surface area contributed by atoms with Crippen molar-refractivity contribution in [2.24, 2.45) is 11.8 Å². The summed E-state index contributed by atoms with van der Waals surface area (Å²) in [6, 6.07) is 0. The van der Waals surface area contributed by atoms with Crippen LogP contribution in [0.1, 0.15) is 38.5 Å². The summed E-state index contributed by atoms with van der Waals surface area (Å²) in [6.45, 7) is 0. The minimum Gasteiger partial charge on any atom is -0.393 e. The molecule has 3 unspecified atom stereocenters. The van der Waals surface area contributed by atoms with E-state index < -0.39 is 0 Å². The number of allylic oxidation sites excluding steroid dienone is 2. The molecule has 2 aliphatic rings. The maximum atomic E-state index is 11.6. The number of carbonyl (C=O) groups is 1. The molecule has 0 spiro atoms. The number of aliphatic hydroxyl groups excluding tert-OH is 1. The third-order valence-corrected chi connectivity index (χ3v) is 3.59.